The van der Waals surface area contributed by atoms with Gasteiger partial charge in [-0.25, -0.2) is 9.97 Å². The molecule has 0 bridgehead atoms. The molecule has 0 amide bonds. The highest BCUT2D eigenvalue weighted by Crippen LogP contribution is 2.10. The second kappa shape index (κ2) is 7.73. The number of piperazine rings is 1. The number of hydrogen-bond donors (Lipinski definition) is 2. The molecule has 0 aliphatic carbocycles. The van der Waals surface area contributed by atoms with Crippen molar-refractivity contribution in [2.45, 2.75) is 13.0 Å². The van der Waals surface area contributed by atoms with Gasteiger partial charge >= 0.3 is 0 Å². The summed E-state index contributed by atoms with van der Waals surface area (Å²) in [5, 5.41) is 3.64. The molecule has 2 rings (SSSR count). The van der Waals surface area contributed by atoms with Crippen molar-refractivity contribution in [3.63, 3.8) is 0 Å². The van der Waals surface area contributed by atoms with E-state index in [1.165, 1.54) is 0 Å². The van der Waals surface area contributed by atoms with Crippen molar-refractivity contribution in [1.29, 1.82) is 0 Å². The summed E-state index contributed by atoms with van der Waals surface area (Å²) in [6.07, 6.45) is 1.07. The fourth-order valence-corrected chi connectivity index (χ4v) is 2.43. The Hall–Kier alpha value is -0.950. The van der Waals surface area contributed by atoms with Crippen LogP contribution in [0.5, 0.6) is 0 Å². The Kier molecular flexibility index (Phi) is 5.97. The predicted octanol–water partition coefficient (Wildman–Crippen LogP) is 0.638. The molecular weight excluding hydrogens is 276 g/mol. The summed E-state index contributed by atoms with van der Waals surface area (Å²) in [7, 11) is 2.17. The van der Waals surface area contributed by atoms with Crippen LogP contribution in [0.3, 0.4) is 0 Å². The fraction of sp³-hybridized carbons (Fsp3) is 0.692. The number of nitrogens with zero attached hydrogens (tertiary/aromatic N) is 4. The molecule has 0 saturated carbocycles. The van der Waals surface area contributed by atoms with Gasteiger partial charge < -0.3 is 20.9 Å². The van der Waals surface area contributed by atoms with E-state index in [1.54, 1.807) is 6.07 Å². The van der Waals surface area contributed by atoms with Gasteiger partial charge in [-0.3, -0.25) is 0 Å². The number of halogens is 1. The van der Waals surface area contributed by atoms with Crippen LogP contribution in [0.1, 0.15) is 12.1 Å². The first-order valence-electron chi connectivity index (χ1n) is 7.05. The third-order valence-electron chi connectivity index (χ3n) is 3.49. The number of rotatable bonds is 6. The van der Waals surface area contributed by atoms with Crippen LogP contribution in [0, 0.1) is 0 Å². The van der Waals surface area contributed by atoms with E-state index in [9.17, 15) is 0 Å². The first-order valence-corrected chi connectivity index (χ1v) is 7.43. The van der Waals surface area contributed by atoms with Crippen molar-refractivity contribution in [3.05, 3.63) is 16.9 Å². The molecule has 112 valence electrons. The summed E-state index contributed by atoms with van der Waals surface area (Å²) >= 11 is 5.92. The Morgan fingerprint density at radius 2 is 2.05 bits per heavy atom. The van der Waals surface area contributed by atoms with E-state index >= 15 is 0 Å². The number of nitrogens with one attached hydrogen (secondary N) is 1. The Balaban J connectivity index is 1.69. The highest BCUT2D eigenvalue weighted by molar-refractivity contribution is 6.29. The zero-order valence-electron chi connectivity index (χ0n) is 12.0. The van der Waals surface area contributed by atoms with Crippen LogP contribution in [0.4, 0.5) is 5.95 Å². The van der Waals surface area contributed by atoms with E-state index in [4.69, 9.17) is 17.3 Å². The normalized spacial score (nSPS) is 17.4. The number of likely N-dealkylation sites (N-methyl/N-ethyl adjacent to an activating group) is 1. The van der Waals surface area contributed by atoms with Gasteiger partial charge in [-0.2, -0.15) is 0 Å². The van der Waals surface area contributed by atoms with E-state index in [2.05, 4.69) is 32.1 Å². The fourth-order valence-electron chi connectivity index (χ4n) is 2.22. The van der Waals surface area contributed by atoms with E-state index < -0.39 is 0 Å². The summed E-state index contributed by atoms with van der Waals surface area (Å²) in [6, 6.07) is 1.69. The van der Waals surface area contributed by atoms with E-state index in [-0.39, 0.29) is 0 Å². The molecule has 1 fully saturated rings. The molecular formula is C13H23ClN6. The lowest BCUT2D eigenvalue weighted by atomic mass is 10.3. The van der Waals surface area contributed by atoms with Gasteiger partial charge in [0.25, 0.3) is 0 Å². The standard InChI is InChI=1S/C13H23ClN6/c1-19-5-7-20(8-6-19)4-2-3-16-13-17-11(10-15)9-12(14)18-13/h9H,2-8,10,15H2,1H3,(H,16,17,18). The average Bonchev–Trinajstić information content (AvgIpc) is 2.45. The zero-order valence-corrected chi connectivity index (χ0v) is 12.7. The van der Waals surface area contributed by atoms with Crippen LogP contribution in [0.2, 0.25) is 5.15 Å². The van der Waals surface area contributed by atoms with Crippen molar-refractivity contribution in [2.24, 2.45) is 5.73 Å². The molecule has 0 atom stereocenters. The number of anilines is 1. The SMILES string of the molecule is CN1CCN(CCCNc2nc(Cl)cc(CN)n2)CC1. The third kappa shape index (κ3) is 4.86. The maximum Gasteiger partial charge on any atom is 0.224 e. The topological polar surface area (TPSA) is 70.3 Å². The van der Waals surface area contributed by atoms with Gasteiger partial charge in [0.1, 0.15) is 5.15 Å². The second-order valence-electron chi connectivity index (χ2n) is 5.13. The molecule has 1 saturated heterocycles. The molecule has 20 heavy (non-hydrogen) atoms. The smallest absolute Gasteiger partial charge is 0.224 e. The van der Waals surface area contributed by atoms with Gasteiger partial charge in [-0.1, -0.05) is 11.6 Å². The molecule has 0 unspecified atom stereocenters. The summed E-state index contributed by atoms with van der Waals surface area (Å²) in [5.41, 5.74) is 6.32. The summed E-state index contributed by atoms with van der Waals surface area (Å²) in [5.74, 6) is 0.566. The van der Waals surface area contributed by atoms with Crippen molar-refractivity contribution in [1.82, 2.24) is 19.8 Å². The minimum absolute atomic E-state index is 0.373. The molecule has 2 heterocycles. The first-order chi connectivity index (χ1) is 9.67. The molecule has 6 nitrogen and oxygen atoms in total. The maximum absolute atomic E-state index is 5.92. The largest absolute Gasteiger partial charge is 0.354 e. The van der Waals surface area contributed by atoms with Crippen molar-refractivity contribution in [2.75, 3.05) is 51.6 Å². The van der Waals surface area contributed by atoms with Crippen LogP contribution >= 0.6 is 11.6 Å². The molecule has 1 aromatic rings. The molecule has 0 radical (unpaired) electrons. The van der Waals surface area contributed by atoms with Gasteiger partial charge in [0, 0.05) is 39.3 Å². The Bertz CT molecular complexity index is 419. The Morgan fingerprint density at radius 1 is 1.30 bits per heavy atom. The van der Waals surface area contributed by atoms with Gasteiger partial charge in [-0.05, 0) is 26.1 Å². The highest BCUT2D eigenvalue weighted by atomic mass is 35.5. The average molecular weight is 299 g/mol. The number of hydrogen-bond acceptors (Lipinski definition) is 6. The highest BCUT2D eigenvalue weighted by Gasteiger charge is 2.12. The van der Waals surface area contributed by atoms with E-state index in [1.807, 2.05) is 0 Å². The predicted molar refractivity (Wildman–Crippen MR) is 82.0 cm³/mol. The first kappa shape index (κ1) is 15.4. The van der Waals surface area contributed by atoms with Crippen LogP contribution < -0.4 is 11.1 Å². The van der Waals surface area contributed by atoms with Crippen LogP contribution in [0.15, 0.2) is 6.07 Å². The van der Waals surface area contributed by atoms with Crippen LogP contribution in [-0.2, 0) is 6.54 Å². The lowest BCUT2D eigenvalue weighted by Gasteiger charge is -2.32. The zero-order chi connectivity index (χ0) is 14.4. The monoisotopic (exact) mass is 298 g/mol. The molecule has 3 N–H and O–H groups in total. The van der Waals surface area contributed by atoms with Crippen LogP contribution in [-0.4, -0.2) is 66.1 Å². The van der Waals surface area contributed by atoms with Gasteiger partial charge in [0.05, 0.1) is 5.69 Å². The Morgan fingerprint density at radius 3 is 2.75 bits per heavy atom. The van der Waals surface area contributed by atoms with Gasteiger partial charge in [0.15, 0.2) is 0 Å². The van der Waals surface area contributed by atoms with Crippen molar-refractivity contribution in [3.8, 4) is 0 Å². The lowest BCUT2D eigenvalue weighted by molar-refractivity contribution is 0.154. The van der Waals surface area contributed by atoms with Gasteiger partial charge in [0.2, 0.25) is 5.95 Å². The van der Waals surface area contributed by atoms with E-state index in [0.717, 1.165) is 51.4 Å². The minimum atomic E-state index is 0.373. The number of aromatic nitrogens is 2. The molecule has 0 aromatic carbocycles. The molecule has 1 aliphatic rings. The molecule has 0 spiro atoms. The summed E-state index contributed by atoms with van der Waals surface area (Å²) < 4.78 is 0. The van der Waals surface area contributed by atoms with Crippen LogP contribution in [0.25, 0.3) is 0 Å². The Labute approximate surface area is 125 Å². The van der Waals surface area contributed by atoms with Crippen molar-refractivity contribution >= 4 is 17.5 Å². The second-order valence-corrected chi connectivity index (χ2v) is 5.52. The summed E-state index contributed by atoms with van der Waals surface area (Å²) in [6.45, 7) is 6.94. The van der Waals surface area contributed by atoms with Gasteiger partial charge in [-0.15, -0.1) is 0 Å². The molecule has 1 aromatic heterocycles. The molecule has 1 aliphatic heterocycles. The molecule has 7 heteroatoms. The van der Waals surface area contributed by atoms with Crippen molar-refractivity contribution < 1.29 is 0 Å². The maximum atomic E-state index is 5.92. The quantitative estimate of drug-likeness (QED) is 0.593. The lowest BCUT2D eigenvalue weighted by Crippen LogP contribution is -2.44. The minimum Gasteiger partial charge on any atom is -0.354 e. The number of nitrogens with two attached hydrogens (primary N) is 1. The summed E-state index contributed by atoms with van der Waals surface area (Å²) in [4.78, 5) is 13.3. The third-order valence-corrected chi connectivity index (χ3v) is 3.68. The van der Waals surface area contributed by atoms with E-state index in [0.29, 0.717) is 17.6 Å².